The number of halogens is 1. The van der Waals surface area contributed by atoms with Crippen molar-refractivity contribution in [3.63, 3.8) is 0 Å². The molecule has 0 aliphatic carbocycles. The van der Waals surface area contributed by atoms with Crippen molar-refractivity contribution in [1.29, 1.82) is 0 Å². The summed E-state index contributed by atoms with van der Waals surface area (Å²) < 4.78 is 19.8. The third kappa shape index (κ3) is 4.54. The van der Waals surface area contributed by atoms with Crippen LogP contribution in [-0.4, -0.2) is 42.0 Å². The fourth-order valence-electron chi connectivity index (χ4n) is 2.81. The average Bonchev–Trinajstić information content (AvgIpc) is 2.57. The molecule has 1 aromatic carbocycles. The van der Waals surface area contributed by atoms with Crippen LogP contribution in [-0.2, 0) is 0 Å². The highest BCUT2D eigenvalue weighted by molar-refractivity contribution is 6.04. The van der Waals surface area contributed by atoms with Crippen LogP contribution in [0.1, 0.15) is 28.8 Å². The quantitative estimate of drug-likeness (QED) is 0.926. The number of rotatable bonds is 4. The zero-order valence-corrected chi connectivity index (χ0v) is 14.5. The maximum absolute atomic E-state index is 13.9. The van der Waals surface area contributed by atoms with Gasteiger partial charge in [0.2, 0.25) is 5.88 Å². The minimum atomic E-state index is -0.545. The van der Waals surface area contributed by atoms with Crippen LogP contribution in [0.15, 0.2) is 36.4 Å². The van der Waals surface area contributed by atoms with Crippen molar-refractivity contribution in [3.05, 3.63) is 53.3 Å². The molecule has 0 spiro atoms. The normalized spacial score (nSPS) is 15.8. The molecule has 1 amide bonds. The summed E-state index contributed by atoms with van der Waals surface area (Å²) in [5, 5.41) is 2.62. The van der Waals surface area contributed by atoms with Gasteiger partial charge in [-0.25, -0.2) is 4.39 Å². The maximum atomic E-state index is 13.9. The van der Waals surface area contributed by atoms with Crippen LogP contribution in [0.5, 0.6) is 5.88 Å². The van der Waals surface area contributed by atoms with Crippen molar-refractivity contribution in [2.75, 3.05) is 25.5 Å². The molecule has 1 fully saturated rings. The van der Waals surface area contributed by atoms with E-state index in [2.05, 4.69) is 22.2 Å². The number of benzene rings is 1. The van der Waals surface area contributed by atoms with Crippen LogP contribution in [0.2, 0.25) is 0 Å². The van der Waals surface area contributed by atoms with Gasteiger partial charge in [0.1, 0.15) is 17.7 Å². The number of hydrogen-bond donors (Lipinski definition) is 1. The highest BCUT2D eigenvalue weighted by Crippen LogP contribution is 2.19. The van der Waals surface area contributed by atoms with Crippen LogP contribution in [0.3, 0.4) is 0 Å². The summed E-state index contributed by atoms with van der Waals surface area (Å²) in [5.74, 6) is -0.259. The lowest BCUT2D eigenvalue weighted by Crippen LogP contribution is -2.35. The van der Waals surface area contributed by atoms with Gasteiger partial charge in [-0.1, -0.05) is 12.1 Å². The van der Waals surface area contributed by atoms with Crippen LogP contribution < -0.4 is 10.1 Å². The minimum absolute atomic E-state index is 0.00552. The van der Waals surface area contributed by atoms with Crippen molar-refractivity contribution in [3.8, 4) is 5.88 Å². The smallest absolute Gasteiger partial charge is 0.259 e. The number of ether oxygens (including phenoxy) is 1. The molecule has 0 radical (unpaired) electrons. The summed E-state index contributed by atoms with van der Waals surface area (Å²) in [7, 11) is 2.09. The van der Waals surface area contributed by atoms with Gasteiger partial charge in [-0.05, 0) is 50.6 Å². The van der Waals surface area contributed by atoms with Gasteiger partial charge in [-0.15, -0.1) is 0 Å². The summed E-state index contributed by atoms with van der Waals surface area (Å²) in [4.78, 5) is 18.8. The van der Waals surface area contributed by atoms with Gasteiger partial charge in [0.05, 0.1) is 5.56 Å². The Hall–Kier alpha value is -2.47. The largest absolute Gasteiger partial charge is 0.474 e. The molecule has 25 heavy (non-hydrogen) atoms. The Morgan fingerprint density at radius 3 is 2.76 bits per heavy atom. The molecule has 0 bridgehead atoms. The summed E-state index contributed by atoms with van der Waals surface area (Å²) in [6.45, 7) is 3.76. The lowest BCUT2D eigenvalue weighted by molar-refractivity contribution is 0.102. The molecule has 0 saturated carbocycles. The van der Waals surface area contributed by atoms with Crippen LogP contribution in [0.25, 0.3) is 0 Å². The molecule has 132 valence electrons. The monoisotopic (exact) mass is 343 g/mol. The highest BCUT2D eigenvalue weighted by Gasteiger charge is 2.19. The van der Waals surface area contributed by atoms with Gasteiger partial charge in [0, 0.05) is 19.2 Å². The molecule has 1 N–H and O–H groups in total. The highest BCUT2D eigenvalue weighted by atomic mass is 19.1. The molecule has 2 heterocycles. The molecule has 1 aliphatic rings. The Labute approximate surface area is 146 Å². The Kier molecular flexibility index (Phi) is 5.28. The minimum Gasteiger partial charge on any atom is -0.474 e. The Balaban J connectivity index is 1.66. The molecule has 1 aromatic heterocycles. The second-order valence-electron chi connectivity index (χ2n) is 6.42. The predicted molar refractivity (Wildman–Crippen MR) is 94.5 cm³/mol. The number of anilines is 1. The lowest BCUT2D eigenvalue weighted by atomic mass is 10.1. The molecule has 1 aliphatic heterocycles. The zero-order chi connectivity index (χ0) is 17.8. The van der Waals surface area contributed by atoms with E-state index < -0.39 is 11.7 Å². The number of nitrogens with one attached hydrogen (secondary N) is 1. The Morgan fingerprint density at radius 1 is 1.28 bits per heavy atom. The number of carbonyl (C=O) groups is 1. The fraction of sp³-hybridized carbons (Fsp3) is 0.368. The molecule has 0 atom stereocenters. The maximum Gasteiger partial charge on any atom is 0.259 e. The van der Waals surface area contributed by atoms with Gasteiger partial charge in [-0.2, -0.15) is 4.98 Å². The first-order valence-electron chi connectivity index (χ1n) is 8.41. The van der Waals surface area contributed by atoms with E-state index in [0.29, 0.717) is 11.7 Å². The number of carbonyl (C=O) groups excluding carboxylic acids is 1. The first-order chi connectivity index (χ1) is 12.0. The molecule has 1 saturated heterocycles. The molecular weight excluding hydrogens is 321 g/mol. The zero-order valence-electron chi connectivity index (χ0n) is 14.5. The van der Waals surface area contributed by atoms with Gasteiger partial charge in [-0.3, -0.25) is 4.79 Å². The SMILES string of the molecule is Cc1ccc(C(=O)Nc2cccc(OC3CCN(C)CC3)n2)c(F)c1. The van der Waals surface area contributed by atoms with Crippen molar-refractivity contribution in [1.82, 2.24) is 9.88 Å². The predicted octanol–water partition coefficient (Wildman–Crippen LogP) is 3.25. The van der Waals surface area contributed by atoms with Crippen molar-refractivity contribution < 1.29 is 13.9 Å². The Morgan fingerprint density at radius 2 is 2.04 bits per heavy atom. The van der Waals surface area contributed by atoms with E-state index in [9.17, 15) is 9.18 Å². The standard InChI is InChI=1S/C19H22FN3O2/c1-13-6-7-15(16(20)12-13)19(24)22-17-4-3-5-18(21-17)25-14-8-10-23(2)11-9-14/h3-7,12,14H,8-11H2,1-2H3,(H,21,22,24). The second kappa shape index (κ2) is 7.61. The third-order valence-corrected chi connectivity index (χ3v) is 4.29. The Bertz CT molecular complexity index is 758. The third-order valence-electron chi connectivity index (χ3n) is 4.29. The number of nitrogens with zero attached hydrogens (tertiary/aromatic N) is 2. The number of piperidine rings is 1. The summed E-state index contributed by atoms with van der Waals surface area (Å²) >= 11 is 0. The van der Waals surface area contributed by atoms with E-state index >= 15 is 0 Å². The van der Waals surface area contributed by atoms with E-state index in [1.165, 1.54) is 12.1 Å². The number of pyridine rings is 1. The van der Waals surface area contributed by atoms with Gasteiger partial charge in [0.15, 0.2) is 0 Å². The molecule has 6 heteroatoms. The molecule has 2 aromatic rings. The van der Waals surface area contributed by atoms with Gasteiger partial charge >= 0.3 is 0 Å². The van der Waals surface area contributed by atoms with Crippen LogP contribution in [0.4, 0.5) is 10.2 Å². The van der Waals surface area contributed by atoms with Crippen LogP contribution in [0, 0.1) is 12.7 Å². The van der Waals surface area contributed by atoms with Gasteiger partial charge < -0.3 is 15.0 Å². The topological polar surface area (TPSA) is 54.5 Å². The van der Waals surface area contributed by atoms with Crippen LogP contribution >= 0.6 is 0 Å². The van der Waals surface area contributed by atoms with Crippen molar-refractivity contribution in [2.24, 2.45) is 0 Å². The number of aromatic nitrogens is 1. The molecule has 5 nitrogen and oxygen atoms in total. The fourth-order valence-corrected chi connectivity index (χ4v) is 2.81. The molecule has 3 rings (SSSR count). The van der Waals surface area contributed by atoms with E-state index in [1.807, 2.05) is 0 Å². The van der Waals surface area contributed by atoms with Crippen molar-refractivity contribution >= 4 is 11.7 Å². The number of aryl methyl sites for hydroxylation is 1. The molecule has 0 unspecified atom stereocenters. The van der Waals surface area contributed by atoms with E-state index in [4.69, 9.17) is 4.74 Å². The molecular formula is C19H22FN3O2. The number of hydrogen-bond acceptors (Lipinski definition) is 4. The lowest BCUT2D eigenvalue weighted by Gasteiger charge is -2.28. The first kappa shape index (κ1) is 17.4. The van der Waals surface area contributed by atoms with E-state index in [-0.39, 0.29) is 11.7 Å². The van der Waals surface area contributed by atoms with Gasteiger partial charge in [0.25, 0.3) is 5.91 Å². The number of likely N-dealkylation sites (tertiary alicyclic amines) is 1. The second-order valence-corrected chi connectivity index (χ2v) is 6.42. The average molecular weight is 343 g/mol. The summed E-state index contributed by atoms with van der Waals surface area (Å²) in [6, 6.07) is 9.69. The summed E-state index contributed by atoms with van der Waals surface area (Å²) in [6.07, 6.45) is 2.02. The van der Waals surface area contributed by atoms with E-state index in [1.54, 1.807) is 31.2 Å². The summed E-state index contributed by atoms with van der Waals surface area (Å²) in [5.41, 5.74) is 0.759. The number of amides is 1. The van der Waals surface area contributed by atoms with Crippen molar-refractivity contribution in [2.45, 2.75) is 25.9 Å². The van der Waals surface area contributed by atoms with E-state index in [0.717, 1.165) is 31.5 Å². The first-order valence-corrected chi connectivity index (χ1v) is 8.41.